The Labute approximate surface area is 107 Å². The number of hydrogen-bond acceptors (Lipinski definition) is 4. The van der Waals surface area contributed by atoms with Crippen LogP contribution in [0.15, 0.2) is 18.5 Å². The van der Waals surface area contributed by atoms with Crippen LogP contribution < -0.4 is 5.73 Å². The molecule has 0 radical (unpaired) electrons. The van der Waals surface area contributed by atoms with Gasteiger partial charge in [-0.25, -0.2) is 9.97 Å². The van der Waals surface area contributed by atoms with Gasteiger partial charge in [-0.05, 0) is 19.9 Å². The van der Waals surface area contributed by atoms with Crippen molar-refractivity contribution in [2.24, 2.45) is 0 Å². The van der Waals surface area contributed by atoms with Gasteiger partial charge in [0.15, 0.2) is 0 Å². The summed E-state index contributed by atoms with van der Waals surface area (Å²) in [6.45, 7) is 3.15. The van der Waals surface area contributed by atoms with Crippen molar-refractivity contribution in [3.05, 3.63) is 35.4 Å². The topological polar surface area (TPSA) is 64.7 Å². The second-order valence-corrected chi connectivity index (χ2v) is 4.05. The number of nitrogens with zero attached hydrogens (tertiary/aromatic N) is 3. The van der Waals surface area contributed by atoms with Crippen LogP contribution in [0.4, 0.5) is 19.0 Å². The summed E-state index contributed by atoms with van der Waals surface area (Å²) in [5.74, 6) is 0.481. The van der Waals surface area contributed by atoms with Crippen LogP contribution in [0.1, 0.15) is 17.0 Å². The Kier molecular flexibility index (Phi) is 3.13. The monoisotopic (exact) mass is 268 g/mol. The smallest absolute Gasteiger partial charge is 0.383 e. The van der Waals surface area contributed by atoms with E-state index >= 15 is 0 Å². The van der Waals surface area contributed by atoms with Crippen molar-refractivity contribution in [1.82, 2.24) is 15.0 Å². The van der Waals surface area contributed by atoms with Crippen LogP contribution >= 0.6 is 0 Å². The summed E-state index contributed by atoms with van der Waals surface area (Å²) in [6.07, 6.45) is -2.24. The van der Waals surface area contributed by atoms with Crippen molar-refractivity contribution >= 4 is 5.82 Å². The quantitative estimate of drug-likeness (QED) is 0.863. The lowest BCUT2D eigenvalue weighted by Gasteiger charge is -2.14. The number of nitrogen functional groups attached to an aromatic ring is 1. The Bertz CT molecular complexity index is 623. The van der Waals surface area contributed by atoms with E-state index in [4.69, 9.17) is 5.73 Å². The molecule has 2 N–H and O–H groups in total. The van der Waals surface area contributed by atoms with Crippen molar-refractivity contribution in [3.8, 4) is 11.3 Å². The van der Waals surface area contributed by atoms with Crippen LogP contribution in [-0.4, -0.2) is 15.0 Å². The van der Waals surface area contributed by atoms with E-state index in [1.807, 2.05) is 0 Å². The van der Waals surface area contributed by atoms with Gasteiger partial charge in [-0.1, -0.05) is 0 Å². The fraction of sp³-hybridized carbons (Fsp3) is 0.250. The van der Waals surface area contributed by atoms with Gasteiger partial charge in [0.1, 0.15) is 11.6 Å². The van der Waals surface area contributed by atoms with Crippen LogP contribution in [0.3, 0.4) is 0 Å². The van der Waals surface area contributed by atoms with Crippen LogP contribution in [0, 0.1) is 13.8 Å². The molecular formula is C12H11F3N4. The number of nitrogens with two attached hydrogens (primary N) is 1. The fourth-order valence-electron chi connectivity index (χ4n) is 1.74. The number of alkyl halides is 3. The number of aryl methyl sites for hydroxylation is 1. The molecule has 100 valence electrons. The number of halogens is 3. The van der Waals surface area contributed by atoms with Crippen molar-refractivity contribution in [1.29, 1.82) is 0 Å². The Morgan fingerprint density at radius 3 is 2.47 bits per heavy atom. The molecule has 0 bridgehead atoms. The van der Waals surface area contributed by atoms with Crippen molar-refractivity contribution in [2.45, 2.75) is 20.0 Å². The third-order valence-corrected chi connectivity index (χ3v) is 2.68. The molecule has 0 saturated heterocycles. The van der Waals surface area contributed by atoms with E-state index in [0.29, 0.717) is 11.4 Å². The fourth-order valence-corrected chi connectivity index (χ4v) is 1.74. The van der Waals surface area contributed by atoms with Gasteiger partial charge in [0.05, 0.1) is 11.3 Å². The minimum atomic E-state index is -4.47. The van der Waals surface area contributed by atoms with Crippen LogP contribution in [0.2, 0.25) is 0 Å². The maximum absolute atomic E-state index is 13.0. The van der Waals surface area contributed by atoms with Gasteiger partial charge in [-0.15, -0.1) is 0 Å². The van der Waals surface area contributed by atoms with E-state index in [9.17, 15) is 13.2 Å². The molecule has 2 rings (SSSR count). The molecule has 0 fully saturated rings. The normalized spacial score (nSPS) is 11.6. The third-order valence-electron chi connectivity index (χ3n) is 2.68. The molecule has 2 aromatic rings. The van der Waals surface area contributed by atoms with Gasteiger partial charge < -0.3 is 5.73 Å². The Morgan fingerprint density at radius 2 is 1.84 bits per heavy atom. The van der Waals surface area contributed by atoms with E-state index in [1.165, 1.54) is 0 Å². The van der Waals surface area contributed by atoms with Crippen molar-refractivity contribution < 1.29 is 13.2 Å². The number of hydrogen-bond donors (Lipinski definition) is 1. The Balaban J connectivity index is 2.73. The minimum Gasteiger partial charge on any atom is -0.383 e. The van der Waals surface area contributed by atoms with Gasteiger partial charge in [-0.2, -0.15) is 13.2 Å². The minimum absolute atomic E-state index is 0.0929. The molecule has 0 atom stereocenters. The molecule has 0 spiro atoms. The molecule has 4 nitrogen and oxygen atoms in total. The number of rotatable bonds is 1. The average molecular weight is 268 g/mol. The average Bonchev–Trinajstić information content (AvgIpc) is 2.33. The standard InChI is InChI=1S/C12H11F3N4/c1-6-10(18-7(2)19-11(6)16)8-5-17-4-3-9(8)12(13,14)15/h3-5H,1-2H3,(H2,16,18,19). The Morgan fingerprint density at radius 1 is 1.16 bits per heavy atom. The maximum Gasteiger partial charge on any atom is 0.417 e. The van der Waals surface area contributed by atoms with Crippen LogP contribution in [-0.2, 0) is 6.18 Å². The zero-order valence-corrected chi connectivity index (χ0v) is 10.3. The molecule has 0 aliphatic heterocycles. The van der Waals surface area contributed by atoms with E-state index in [0.717, 1.165) is 18.5 Å². The highest BCUT2D eigenvalue weighted by molar-refractivity contribution is 5.70. The summed E-state index contributed by atoms with van der Waals surface area (Å²) in [7, 11) is 0. The number of aromatic nitrogens is 3. The molecule has 0 aliphatic carbocycles. The lowest BCUT2D eigenvalue weighted by Crippen LogP contribution is -2.10. The zero-order valence-electron chi connectivity index (χ0n) is 10.3. The SMILES string of the molecule is Cc1nc(N)c(C)c(-c2cnccc2C(F)(F)F)n1. The van der Waals surface area contributed by atoms with Crippen LogP contribution in [0.25, 0.3) is 11.3 Å². The lowest BCUT2D eigenvalue weighted by atomic mass is 10.0. The molecule has 0 unspecified atom stereocenters. The Hall–Kier alpha value is -2.18. The summed E-state index contributed by atoms with van der Waals surface area (Å²) in [4.78, 5) is 11.7. The largest absolute Gasteiger partial charge is 0.417 e. The summed E-state index contributed by atoms with van der Waals surface area (Å²) >= 11 is 0. The first-order chi connectivity index (χ1) is 8.80. The molecule has 0 amide bonds. The first-order valence-electron chi connectivity index (χ1n) is 5.43. The molecule has 2 heterocycles. The molecule has 2 aromatic heterocycles. The van der Waals surface area contributed by atoms with E-state index in [-0.39, 0.29) is 17.1 Å². The zero-order chi connectivity index (χ0) is 14.2. The predicted molar refractivity (Wildman–Crippen MR) is 64.2 cm³/mol. The van der Waals surface area contributed by atoms with Gasteiger partial charge in [0.25, 0.3) is 0 Å². The summed E-state index contributed by atoms with van der Waals surface area (Å²) in [5.41, 5.74) is 5.35. The third kappa shape index (κ3) is 2.49. The molecule has 7 heteroatoms. The lowest BCUT2D eigenvalue weighted by molar-refractivity contribution is -0.137. The van der Waals surface area contributed by atoms with Gasteiger partial charge in [0, 0.05) is 23.5 Å². The molecular weight excluding hydrogens is 257 g/mol. The number of anilines is 1. The molecule has 0 aliphatic rings. The van der Waals surface area contributed by atoms with E-state index in [2.05, 4.69) is 15.0 Å². The summed E-state index contributed by atoms with van der Waals surface area (Å²) in [6, 6.07) is 0.919. The van der Waals surface area contributed by atoms with Crippen molar-refractivity contribution in [3.63, 3.8) is 0 Å². The second kappa shape index (κ2) is 4.49. The summed E-state index contributed by atoms with van der Waals surface area (Å²) < 4.78 is 38.9. The molecule has 0 saturated carbocycles. The number of pyridine rings is 1. The highest BCUT2D eigenvalue weighted by Gasteiger charge is 2.34. The maximum atomic E-state index is 13.0. The highest BCUT2D eigenvalue weighted by atomic mass is 19.4. The van der Waals surface area contributed by atoms with Gasteiger partial charge in [0.2, 0.25) is 0 Å². The van der Waals surface area contributed by atoms with Gasteiger partial charge >= 0.3 is 6.18 Å². The summed E-state index contributed by atoms with van der Waals surface area (Å²) in [5, 5.41) is 0. The van der Waals surface area contributed by atoms with Crippen molar-refractivity contribution in [2.75, 3.05) is 5.73 Å². The highest BCUT2D eigenvalue weighted by Crippen LogP contribution is 2.37. The van der Waals surface area contributed by atoms with E-state index < -0.39 is 11.7 Å². The van der Waals surface area contributed by atoms with Crippen LogP contribution in [0.5, 0.6) is 0 Å². The molecule has 19 heavy (non-hydrogen) atoms. The molecule has 0 aromatic carbocycles. The second-order valence-electron chi connectivity index (χ2n) is 4.05. The predicted octanol–water partition coefficient (Wildman–Crippen LogP) is 2.76. The van der Waals surface area contributed by atoms with Gasteiger partial charge in [-0.3, -0.25) is 4.98 Å². The van der Waals surface area contributed by atoms with E-state index in [1.54, 1.807) is 13.8 Å². The first kappa shape index (κ1) is 13.3. The first-order valence-corrected chi connectivity index (χ1v) is 5.43.